The van der Waals surface area contributed by atoms with Crippen LogP contribution in [0.4, 0.5) is 5.69 Å². The number of hydrogen-bond acceptors (Lipinski definition) is 3. The van der Waals surface area contributed by atoms with Crippen LogP contribution in [0, 0.1) is 0 Å². The van der Waals surface area contributed by atoms with E-state index in [1.165, 1.54) is 11.3 Å². The van der Waals surface area contributed by atoms with E-state index in [0.717, 1.165) is 31.7 Å². The third kappa shape index (κ3) is 3.76. The average Bonchev–Trinajstić information content (AvgIpc) is 2.55. The molecule has 2 aromatic rings. The van der Waals surface area contributed by atoms with Crippen molar-refractivity contribution in [2.75, 3.05) is 18.0 Å². The molecule has 0 unspecified atom stereocenters. The van der Waals surface area contributed by atoms with E-state index in [9.17, 15) is 5.11 Å². The minimum Gasteiger partial charge on any atom is -0.489 e. The number of ether oxygens (including phenoxy) is 1. The summed E-state index contributed by atoms with van der Waals surface area (Å²) in [6.45, 7) is 2.44. The van der Waals surface area contributed by atoms with Gasteiger partial charge in [-0.3, -0.25) is 0 Å². The Morgan fingerprint density at radius 2 is 1.62 bits per heavy atom. The van der Waals surface area contributed by atoms with Crippen molar-refractivity contribution in [3.05, 3.63) is 60.2 Å². The van der Waals surface area contributed by atoms with Crippen LogP contribution in [0.5, 0.6) is 5.75 Å². The molecular formula is C18H21NO2. The van der Waals surface area contributed by atoms with Crippen molar-refractivity contribution in [3.8, 4) is 5.75 Å². The molecule has 2 aromatic carbocycles. The van der Waals surface area contributed by atoms with Gasteiger partial charge >= 0.3 is 0 Å². The second-order valence-corrected chi connectivity index (χ2v) is 5.49. The SMILES string of the molecule is OC1CCN(c2ccc(OCc3ccccc3)cc2)CC1. The van der Waals surface area contributed by atoms with Crippen molar-refractivity contribution >= 4 is 5.69 Å². The van der Waals surface area contributed by atoms with Gasteiger partial charge in [-0.2, -0.15) is 0 Å². The summed E-state index contributed by atoms with van der Waals surface area (Å²) in [7, 11) is 0. The fraction of sp³-hybridized carbons (Fsp3) is 0.333. The van der Waals surface area contributed by atoms with Crippen LogP contribution in [-0.2, 0) is 6.61 Å². The highest BCUT2D eigenvalue weighted by molar-refractivity contribution is 5.49. The average molecular weight is 283 g/mol. The Morgan fingerprint density at radius 3 is 2.29 bits per heavy atom. The molecule has 1 aliphatic heterocycles. The number of nitrogens with zero attached hydrogens (tertiary/aromatic N) is 1. The van der Waals surface area contributed by atoms with Crippen LogP contribution >= 0.6 is 0 Å². The fourth-order valence-electron chi connectivity index (χ4n) is 2.62. The second kappa shape index (κ2) is 6.64. The van der Waals surface area contributed by atoms with Gasteiger partial charge in [0.05, 0.1) is 6.10 Å². The lowest BCUT2D eigenvalue weighted by molar-refractivity contribution is 0.145. The number of anilines is 1. The van der Waals surface area contributed by atoms with Crippen molar-refractivity contribution in [1.82, 2.24) is 0 Å². The van der Waals surface area contributed by atoms with Gasteiger partial charge < -0.3 is 14.7 Å². The molecule has 3 heteroatoms. The van der Waals surface area contributed by atoms with Crippen LogP contribution in [0.2, 0.25) is 0 Å². The topological polar surface area (TPSA) is 32.7 Å². The minimum atomic E-state index is -0.130. The molecular weight excluding hydrogens is 262 g/mol. The normalized spacial score (nSPS) is 16.0. The van der Waals surface area contributed by atoms with Gasteiger partial charge in [0.15, 0.2) is 0 Å². The van der Waals surface area contributed by atoms with E-state index in [4.69, 9.17) is 4.74 Å². The first kappa shape index (κ1) is 14.0. The Bertz CT molecular complexity index is 545. The highest BCUT2D eigenvalue weighted by Crippen LogP contribution is 2.23. The van der Waals surface area contributed by atoms with Crippen LogP contribution < -0.4 is 9.64 Å². The lowest BCUT2D eigenvalue weighted by atomic mass is 10.1. The fourth-order valence-corrected chi connectivity index (χ4v) is 2.62. The smallest absolute Gasteiger partial charge is 0.119 e. The number of benzene rings is 2. The van der Waals surface area contributed by atoms with E-state index in [0.29, 0.717) is 6.61 Å². The predicted molar refractivity (Wildman–Crippen MR) is 84.7 cm³/mol. The second-order valence-electron chi connectivity index (χ2n) is 5.49. The molecule has 110 valence electrons. The third-order valence-electron chi connectivity index (χ3n) is 3.91. The summed E-state index contributed by atoms with van der Waals surface area (Å²) >= 11 is 0. The largest absolute Gasteiger partial charge is 0.489 e. The van der Waals surface area contributed by atoms with Crippen molar-refractivity contribution < 1.29 is 9.84 Å². The molecule has 0 radical (unpaired) electrons. The Hall–Kier alpha value is -2.00. The van der Waals surface area contributed by atoms with Gasteiger partial charge in [-0.15, -0.1) is 0 Å². The van der Waals surface area contributed by atoms with Gasteiger partial charge in [0.2, 0.25) is 0 Å². The maximum Gasteiger partial charge on any atom is 0.119 e. The van der Waals surface area contributed by atoms with Gasteiger partial charge in [0.1, 0.15) is 12.4 Å². The number of hydrogen-bond donors (Lipinski definition) is 1. The lowest BCUT2D eigenvalue weighted by Gasteiger charge is -2.31. The first-order valence-corrected chi connectivity index (χ1v) is 7.51. The van der Waals surface area contributed by atoms with Gasteiger partial charge in [-0.1, -0.05) is 30.3 Å². The Kier molecular flexibility index (Phi) is 4.41. The maximum atomic E-state index is 9.55. The Morgan fingerprint density at radius 1 is 0.952 bits per heavy atom. The predicted octanol–water partition coefficient (Wildman–Crippen LogP) is 3.23. The third-order valence-corrected chi connectivity index (χ3v) is 3.91. The summed E-state index contributed by atoms with van der Waals surface area (Å²) in [5.74, 6) is 0.889. The Balaban J connectivity index is 1.57. The monoisotopic (exact) mass is 283 g/mol. The molecule has 0 atom stereocenters. The van der Waals surface area contributed by atoms with Gasteiger partial charge in [-0.25, -0.2) is 0 Å². The molecule has 21 heavy (non-hydrogen) atoms. The molecule has 3 nitrogen and oxygen atoms in total. The highest BCUT2D eigenvalue weighted by atomic mass is 16.5. The molecule has 3 rings (SSSR count). The molecule has 1 heterocycles. The zero-order chi connectivity index (χ0) is 14.5. The van der Waals surface area contributed by atoms with Gasteiger partial charge in [0, 0.05) is 18.8 Å². The number of aliphatic hydroxyl groups excluding tert-OH is 1. The van der Waals surface area contributed by atoms with E-state index in [1.807, 2.05) is 30.3 Å². The van der Waals surface area contributed by atoms with Crippen molar-refractivity contribution in [3.63, 3.8) is 0 Å². The number of aliphatic hydroxyl groups is 1. The molecule has 0 amide bonds. The summed E-state index contributed by atoms with van der Waals surface area (Å²) in [6.07, 6.45) is 1.58. The van der Waals surface area contributed by atoms with Crippen LogP contribution in [0.1, 0.15) is 18.4 Å². The highest BCUT2D eigenvalue weighted by Gasteiger charge is 2.16. The van der Waals surface area contributed by atoms with Gasteiger partial charge in [-0.05, 0) is 42.7 Å². The van der Waals surface area contributed by atoms with Crippen molar-refractivity contribution in [1.29, 1.82) is 0 Å². The van der Waals surface area contributed by atoms with E-state index in [2.05, 4.69) is 29.2 Å². The minimum absolute atomic E-state index is 0.130. The van der Waals surface area contributed by atoms with Gasteiger partial charge in [0.25, 0.3) is 0 Å². The first-order chi connectivity index (χ1) is 10.3. The molecule has 0 aromatic heterocycles. The maximum absolute atomic E-state index is 9.55. The molecule has 0 aliphatic carbocycles. The molecule has 0 saturated carbocycles. The van der Waals surface area contributed by atoms with Crippen LogP contribution in [-0.4, -0.2) is 24.3 Å². The van der Waals surface area contributed by atoms with E-state index < -0.39 is 0 Å². The van der Waals surface area contributed by atoms with Crippen molar-refractivity contribution in [2.24, 2.45) is 0 Å². The molecule has 0 bridgehead atoms. The summed E-state index contributed by atoms with van der Waals surface area (Å²) in [4.78, 5) is 2.31. The number of piperidine rings is 1. The molecule has 1 N–H and O–H groups in total. The van der Waals surface area contributed by atoms with E-state index >= 15 is 0 Å². The van der Waals surface area contributed by atoms with Crippen LogP contribution in [0.15, 0.2) is 54.6 Å². The van der Waals surface area contributed by atoms with Crippen LogP contribution in [0.3, 0.4) is 0 Å². The summed E-state index contributed by atoms with van der Waals surface area (Å²) in [5, 5.41) is 9.55. The zero-order valence-corrected chi connectivity index (χ0v) is 12.1. The summed E-state index contributed by atoms with van der Waals surface area (Å²) in [5.41, 5.74) is 2.38. The van der Waals surface area contributed by atoms with E-state index in [-0.39, 0.29) is 6.10 Å². The van der Waals surface area contributed by atoms with Crippen LogP contribution in [0.25, 0.3) is 0 Å². The molecule has 1 fully saturated rings. The lowest BCUT2D eigenvalue weighted by Crippen LogP contribution is -2.35. The molecule has 1 saturated heterocycles. The number of rotatable bonds is 4. The van der Waals surface area contributed by atoms with Crippen molar-refractivity contribution in [2.45, 2.75) is 25.6 Å². The molecule has 0 spiro atoms. The van der Waals surface area contributed by atoms with E-state index in [1.54, 1.807) is 0 Å². The zero-order valence-electron chi connectivity index (χ0n) is 12.1. The first-order valence-electron chi connectivity index (χ1n) is 7.51. The summed E-state index contributed by atoms with van der Waals surface area (Å²) < 4.78 is 5.79. The summed E-state index contributed by atoms with van der Waals surface area (Å²) in [6, 6.07) is 18.4. The quantitative estimate of drug-likeness (QED) is 0.935. The standard InChI is InChI=1S/C18H21NO2/c20-17-10-12-19(13-11-17)16-6-8-18(9-7-16)21-14-15-4-2-1-3-5-15/h1-9,17,20H,10-14H2. The molecule has 1 aliphatic rings. The Labute approximate surface area is 125 Å².